The van der Waals surface area contributed by atoms with Crippen molar-refractivity contribution >= 4 is 34.2 Å². The largest absolute Gasteiger partial charge is 0.399 e. The summed E-state index contributed by atoms with van der Waals surface area (Å²) in [6, 6.07) is 34.2. The minimum Gasteiger partial charge on any atom is -0.399 e. The minimum absolute atomic E-state index is 0.142. The second-order valence-corrected chi connectivity index (χ2v) is 8.85. The van der Waals surface area contributed by atoms with Gasteiger partial charge in [0.25, 0.3) is 5.91 Å². The van der Waals surface area contributed by atoms with E-state index in [1.54, 1.807) is 6.07 Å². The quantitative estimate of drug-likeness (QED) is 0.240. The molecule has 0 aromatic heterocycles. The van der Waals surface area contributed by atoms with Crippen LogP contribution in [0.1, 0.15) is 22.3 Å². The first kappa shape index (κ1) is 22.4. The molecule has 0 saturated heterocycles. The predicted octanol–water partition coefficient (Wildman–Crippen LogP) is 5.83. The van der Waals surface area contributed by atoms with Gasteiger partial charge in [0.2, 0.25) is 0 Å². The average molecular weight is 461 g/mol. The van der Waals surface area contributed by atoms with Crippen LogP contribution in [-0.4, -0.2) is 17.9 Å². The zero-order chi connectivity index (χ0) is 24.2. The number of hydrogen-bond donors (Lipinski definition) is 3. The second kappa shape index (κ2) is 9.87. The zero-order valence-corrected chi connectivity index (χ0v) is 19.7. The van der Waals surface area contributed by atoms with Crippen LogP contribution in [0.25, 0.3) is 11.3 Å². The van der Waals surface area contributed by atoms with E-state index in [0.717, 1.165) is 41.3 Å². The molecule has 1 heterocycles. The summed E-state index contributed by atoms with van der Waals surface area (Å²) >= 11 is 0. The van der Waals surface area contributed by atoms with Crippen LogP contribution in [0.5, 0.6) is 0 Å². The van der Waals surface area contributed by atoms with E-state index in [4.69, 9.17) is 5.73 Å². The van der Waals surface area contributed by atoms with E-state index in [2.05, 4.69) is 71.1 Å². The van der Waals surface area contributed by atoms with Gasteiger partial charge in [-0.2, -0.15) is 0 Å². The van der Waals surface area contributed by atoms with Gasteiger partial charge in [-0.3, -0.25) is 9.69 Å². The first-order chi connectivity index (χ1) is 17.1. The van der Waals surface area contributed by atoms with Crippen molar-refractivity contribution in [3.05, 3.63) is 125 Å². The van der Waals surface area contributed by atoms with Gasteiger partial charge in [-0.05, 0) is 54.1 Å². The van der Waals surface area contributed by atoms with Crippen molar-refractivity contribution in [2.45, 2.75) is 13.1 Å². The molecule has 5 heteroatoms. The highest BCUT2D eigenvalue weighted by Gasteiger charge is 2.28. The highest BCUT2D eigenvalue weighted by atomic mass is 16.2. The molecule has 0 unspecified atom stereocenters. The fraction of sp³-hybridized carbons (Fsp3) is 0.100. The van der Waals surface area contributed by atoms with E-state index >= 15 is 0 Å². The van der Waals surface area contributed by atoms with Crippen molar-refractivity contribution in [1.29, 1.82) is 0 Å². The summed E-state index contributed by atoms with van der Waals surface area (Å²) in [7, 11) is 2.12. The molecule has 4 N–H and O–H groups in total. The van der Waals surface area contributed by atoms with Crippen molar-refractivity contribution in [1.82, 2.24) is 4.90 Å². The van der Waals surface area contributed by atoms with Crippen LogP contribution in [0.4, 0.5) is 17.1 Å². The molecule has 0 spiro atoms. The summed E-state index contributed by atoms with van der Waals surface area (Å²) in [6.45, 7) is 1.74. The molecular formula is C30H28N4O. The number of fused-ring (bicyclic) bond motifs is 1. The van der Waals surface area contributed by atoms with Crippen LogP contribution in [-0.2, 0) is 17.9 Å². The van der Waals surface area contributed by atoms with Gasteiger partial charge in [0, 0.05) is 35.7 Å². The van der Waals surface area contributed by atoms with Crippen LogP contribution in [0.3, 0.4) is 0 Å². The predicted molar refractivity (Wildman–Crippen MR) is 144 cm³/mol. The van der Waals surface area contributed by atoms with Gasteiger partial charge in [0.1, 0.15) is 0 Å². The van der Waals surface area contributed by atoms with Crippen molar-refractivity contribution in [3.8, 4) is 0 Å². The molecule has 174 valence electrons. The van der Waals surface area contributed by atoms with E-state index in [0.29, 0.717) is 11.3 Å². The Hall–Kier alpha value is -4.35. The number of nitrogens with zero attached hydrogens (tertiary/aromatic N) is 1. The third-order valence-electron chi connectivity index (χ3n) is 6.07. The molecular weight excluding hydrogens is 432 g/mol. The van der Waals surface area contributed by atoms with Crippen molar-refractivity contribution in [3.63, 3.8) is 0 Å². The lowest BCUT2D eigenvalue weighted by molar-refractivity contribution is -0.110. The molecule has 35 heavy (non-hydrogen) atoms. The number of benzene rings is 4. The summed E-state index contributed by atoms with van der Waals surface area (Å²) in [6.07, 6.45) is 0. The van der Waals surface area contributed by atoms with E-state index in [-0.39, 0.29) is 5.91 Å². The highest BCUT2D eigenvalue weighted by molar-refractivity contribution is 6.37. The first-order valence-corrected chi connectivity index (χ1v) is 11.7. The van der Waals surface area contributed by atoms with Crippen molar-refractivity contribution < 1.29 is 4.79 Å². The van der Waals surface area contributed by atoms with Crippen LogP contribution in [0, 0.1) is 0 Å². The number of amides is 1. The summed E-state index contributed by atoms with van der Waals surface area (Å²) in [5.74, 6) is -0.142. The molecule has 1 aliphatic heterocycles. The number of anilines is 3. The van der Waals surface area contributed by atoms with Gasteiger partial charge in [0.05, 0.1) is 11.3 Å². The molecule has 5 rings (SSSR count). The lowest BCUT2D eigenvalue weighted by Crippen LogP contribution is -2.17. The van der Waals surface area contributed by atoms with Crippen LogP contribution in [0.15, 0.2) is 103 Å². The van der Waals surface area contributed by atoms with Crippen LogP contribution >= 0.6 is 0 Å². The normalized spacial score (nSPS) is 13.9. The third kappa shape index (κ3) is 5.10. The summed E-state index contributed by atoms with van der Waals surface area (Å²) in [5.41, 5.74) is 13.9. The smallest absolute Gasteiger partial charge is 0.258 e. The fourth-order valence-corrected chi connectivity index (χ4v) is 4.42. The molecule has 0 bridgehead atoms. The Bertz CT molecular complexity index is 1360. The maximum atomic E-state index is 13.0. The van der Waals surface area contributed by atoms with Gasteiger partial charge in [-0.1, -0.05) is 72.8 Å². The SMILES string of the molecule is CN(Cc1ccccc1)Cc1ccc(N/C(=C2\C(=O)Nc3ccc(N)cc32)c2ccccc2)cc1. The van der Waals surface area contributed by atoms with Crippen molar-refractivity contribution in [2.75, 3.05) is 23.4 Å². The summed E-state index contributed by atoms with van der Waals surface area (Å²) in [5, 5.41) is 6.48. The van der Waals surface area contributed by atoms with Gasteiger partial charge < -0.3 is 16.4 Å². The molecule has 5 nitrogen and oxygen atoms in total. The Morgan fingerprint density at radius 3 is 2.14 bits per heavy atom. The van der Waals surface area contributed by atoms with E-state index in [9.17, 15) is 4.79 Å². The number of nitrogens with two attached hydrogens (primary N) is 1. The van der Waals surface area contributed by atoms with Gasteiger partial charge in [0.15, 0.2) is 0 Å². The van der Waals surface area contributed by atoms with E-state index in [1.165, 1.54) is 11.1 Å². The topological polar surface area (TPSA) is 70.4 Å². The maximum Gasteiger partial charge on any atom is 0.258 e. The molecule has 1 amide bonds. The minimum atomic E-state index is -0.142. The molecule has 4 aromatic rings. The second-order valence-electron chi connectivity index (χ2n) is 8.85. The molecule has 1 aliphatic rings. The van der Waals surface area contributed by atoms with Gasteiger partial charge in [-0.15, -0.1) is 0 Å². The van der Waals surface area contributed by atoms with E-state index < -0.39 is 0 Å². The molecule has 0 aliphatic carbocycles. The van der Waals surface area contributed by atoms with E-state index in [1.807, 2.05) is 48.5 Å². The number of hydrogen-bond acceptors (Lipinski definition) is 4. The number of nitrogens with one attached hydrogen (secondary N) is 2. The molecule has 0 atom stereocenters. The number of nitrogen functional groups attached to an aromatic ring is 1. The van der Waals surface area contributed by atoms with Crippen molar-refractivity contribution in [2.24, 2.45) is 0 Å². The Labute approximate surface area is 205 Å². The van der Waals surface area contributed by atoms with Gasteiger partial charge in [-0.25, -0.2) is 0 Å². The first-order valence-electron chi connectivity index (χ1n) is 11.7. The fourth-order valence-electron chi connectivity index (χ4n) is 4.42. The number of carbonyl (C=O) groups is 1. The molecule has 0 fully saturated rings. The zero-order valence-electron chi connectivity index (χ0n) is 19.7. The Morgan fingerprint density at radius 2 is 1.46 bits per heavy atom. The maximum absolute atomic E-state index is 13.0. The third-order valence-corrected chi connectivity index (χ3v) is 6.07. The summed E-state index contributed by atoms with van der Waals surface area (Å²) < 4.78 is 0. The highest BCUT2D eigenvalue weighted by Crippen LogP contribution is 2.38. The lowest BCUT2D eigenvalue weighted by atomic mass is 9.99. The number of rotatable bonds is 7. The molecule has 0 saturated carbocycles. The number of carbonyl (C=O) groups excluding carboxylic acids is 1. The molecule has 4 aromatic carbocycles. The van der Waals surface area contributed by atoms with Crippen LogP contribution in [0.2, 0.25) is 0 Å². The van der Waals surface area contributed by atoms with Crippen LogP contribution < -0.4 is 16.4 Å². The Balaban J connectivity index is 1.41. The Morgan fingerprint density at radius 1 is 0.829 bits per heavy atom. The Kier molecular flexibility index (Phi) is 6.33. The van der Waals surface area contributed by atoms with Gasteiger partial charge >= 0.3 is 0 Å². The summed E-state index contributed by atoms with van der Waals surface area (Å²) in [4.78, 5) is 15.3. The monoisotopic (exact) mass is 460 g/mol. The molecule has 0 radical (unpaired) electrons. The lowest BCUT2D eigenvalue weighted by Gasteiger charge is -2.18. The average Bonchev–Trinajstić information content (AvgIpc) is 3.19. The standard InChI is InChI=1S/C30H28N4O/c1-34(19-21-8-4-2-5-9-21)20-22-12-15-25(16-13-22)32-29(23-10-6-3-7-11-23)28-26-18-24(31)14-17-27(26)33-30(28)35/h2-18,32H,19-20,31H2,1H3,(H,33,35)/b29-28-.